The number of rotatable bonds is 4. The first-order chi connectivity index (χ1) is 12.0. The number of hydrogen-bond acceptors (Lipinski definition) is 6. The Morgan fingerprint density at radius 2 is 1.72 bits per heavy atom. The van der Waals surface area contributed by atoms with E-state index in [1.54, 1.807) is 43.6 Å². The van der Waals surface area contributed by atoms with Crippen LogP contribution in [0.15, 0.2) is 46.0 Å². The van der Waals surface area contributed by atoms with Crippen LogP contribution >= 0.6 is 0 Å². The Hall–Kier alpha value is -2.32. The van der Waals surface area contributed by atoms with E-state index in [1.165, 1.54) is 0 Å². The fourth-order valence-electron chi connectivity index (χ4n) is 2.53. The zero-order valence-corrected chi connectivity index (χ0v) is 15.1. The number of nitrogens with zero attached hydrogens (tertiary/aromatic N) is 4. The van der Waals surface area contributed by atoms with E-state index < -0.39 is 10.0 Å². The molecule has 0 amide bonds. The highest BCUT2D eigenvalue weighted by Gasteiger charge is 2.15. The number of piperazine rings is 1. The Morgan fingerprint density at radius 1 is 1.12 bits per heavy atom. The van der Waals surface area contributed by atoms with E-state index in [0.29, 0.717) is 17.2 Å². The van der Waals surface area contributed by atoms with Gasteiger partial charge in [0.2, 0.25) is 5.95 Å². The van der Waals surface area contributed by atoms with Crippen molar-refractivity contribution < 1.29 is 8.42 Å². The van der Waals surface area contributed by atoms with Crippen molar-refractivity contribution in [3.05, 3.63) is 47.8 Å². The molecule has 2 aromatic rings. The van der Waals surface area contributed by atoms with Crippen molar-refractivity contribution in [3.8, 4) is 0 Å². The average molecular weight is 359 g/mol. The van der Waals surface area contributed by atoms with E-state index in [0.717, 1.165) is 31.7 Å². The van der Waals surface area contributed by atoms with Gasteiger partial charge in [0.25, 0.3) is 10.0 Å². The number of nitrogens with one attached hydrogen (secondary N) is 1. The van der Waals surface area contributed by atoms with Crippen molar-refractivity contribution in [1.29, 1.82) is 0 Å². The van der Waals surface area contributed by atoms with Gasteiger partial charge in [-0.15, -0.1) is 0 Å². The largest absolute Gasteiger partial charge is 0.338 e. The van der Waals surface area contributed by atoms with Gasteiger partial charge in [0.1, 0.15) is 0 Å². The minimum atomic E-state index is -3.74. The summed E-state index contributed by atoms with van der Waals surface area (Å²) < 4.78 is 28.7. The van der Waals surface area contributed by atoms with Crippen molar-refractivity contribution in [2.45, 2.75) is 18.7 Å². The third-order valence-corrected chi connectivity index (χ3v) is 5.41. The molecule has 0 bridgehead atoms. The lowest BCUT2D eigenvalue weighted by molar-refractivity contribution is 0.580. The summed E-state index contributed by atoms with van der Waals surface area (Å²) in [5, 5.41) is 3.28. The van der Waals surface area contributed by atoms with Gasteiger partial charge in [0.15, 0.2) is 0 Å². The van der Waals surface area contributed by atoms with Crippen LogP contribution in [0.25, 0.3) is 0 Å². The molecule has 1 fully saturated rings. The van der Waals surface area contributed by atoms with Crippen molar-refractivity contribution in [2.75, 3.05) is 31.1 Å². The van der Waals surface area contributed by atoms with E-state index in [1.807, 2.05) is 6.92 Å². The van der Waals surface area contributed by atoms with Crippen LogP contribution in [-0.2, 0) is 10.0 Å². The molecule has 0 unspecified atom stereocenters. The van der Waals surface area contributed by atoms with Gasteiger partial charge in [-0.1, -0.05) is 17.7 Å². The number of anilines is 1. The molecule has 1 aromatic carbocycles. The van der Waals surface area contributed by atoms with Gasteiger partial charge in [0, 0.05) is 44.1 Å². The molecule has 1 aliphatic rings. The predicted octanol–water partition coefficient (Wildman–Crippen LogP) is 1.39. The van der Waals surface area contributed by atoms with Gasteiger partial charge in [-0.25, -0.2) is 9.97 Å². The van der Waals surface area contributed by atoms with Crippen LogP contribution in [0.2, 0.25) is 0 Å². The lowest BCUT2D eigenvalue weighted by atomic mass is 10.2. The molecule has 132 valence electrons. The van der Waals surface area contributed by atoms with Crippen molar-refractivity contribution >= 4 is 21.7 Å². The van der Waals surface area contributed by atoms with Crippen molar-refractivity contribution in [3.63, 3.8) is 0 Å². The summed E-state index contributed by atoms with van der Waals surface area (Å²) in [6, 6.07) is 6.63. The second-order valence-electron chi connectivity index (χ2n) is 5.97. The normalized spacial score (nSPS) is 16.1. The number of aryl methyl sites for hydroxylation is 1. The standard InChI is InChI=1S/C17H21N5O2S/c1-13-3-5-16(6-4-13)25(23,24)21-14(2)15-11-19-17(20-12-15)22-9-7-18-8-10-22/h3-6,11-12,18H,7-10H2,1-2H3. The van der Waals surface area contributed by atoms with Crippen LogP contribution < -0.4 is 10.2 Å². The highest BCUT2D eigenvalue weighted by Crippen LogP contribution is 2.15. The zero-order chi connectivity index (χ0) is 17.9. The van der Waals surface area contributed by atoms with Crippen LogP contribution in [0.5, 0.6) is 0 Å². The summed E-state index contributed by atoms with van der Waals surface area (Å²) in [6.07, 6.45) is 3.24. The predicted molar refractivity (Wildman–Crippen MR) is 97.7 cm³/mol. The van der Waals surface area contributed by atoms with Crippen LogP contribution in [0, 0.1) is 6.92 Å². The first-order valence-corrected chi connectivity index (χ1v) is 9.56. The van der Waals surface area contributed by atoms with Crippen molar-refractivity contribution in [1.82, 2.24) is 15.3 Å². The van der Waals surface area contributed by atoms with E-state index in [4.69, 9.17) is 0 Å². The van der Waals surface area contributed by atoms with Crippen LogP contribution in [-0.4, -0.2) is 50.3 Å². The smallest absolute Gasteiger partial charge is 0.282 e. The second-order valence-corrected chi connectivity index (χ2v) is 7.58. The van der Waals surface area contributed by atoms with Crippen LogP contribution in [0.1, 0.15) is 18.1 Å². The third-order valence-electron chi connectivity index (χ3n) is 4.03. The molecular weight excluding hydrogens is 338 g/mol. The maximum absolute atomic E-state index is 12.4. The topological polar surface area (TPSA) is 87.5 Å². The maximum Gasteiger partial charge on any atom is 0.282 e. The fraction of sp³-hybridized carbons (Fsp3) is 0.353. The maximum atomic E-state index is 12.4. The Kier molecular flexibility index (Phi) is 5.10. The van der Waals surface area contributed by atoms with Gasteiger partial charge in [0.05, 0.1) is 10.6 Å². The molecule has 0 saturated carbocycles. The number of sulfonamides is 1. The molecule has 8 heteroatoms. The van der Waals surface area contributed by atoms with Crippen LogP contribution in [0.4, 0.5) is 5.95 Å². The van der Waals surface area contributed by atoms with Gasteiger partial charge >= 0.3 is 0 Å². The Bertz CT molecular complexity index is 855. The fourth-order valence-corrected chi connectivity index (χ4v) is 3.58. The van der Waals surface area contributed by atoms with Gasteiger partial charge in [-0.05, 0) is 26.0 Å². The number of aromatic nitrogens is 2. The molecule has 0 aliphatic carbocycles. The summed E-state index contributed by atoms with van der Waals surface area (Å²) in [5.41, 5.74) is 1.96. The minimum absolute atomic E-state index is 0.177. The molecule has 3 rings (SSSR count). The van der Waals surface area contributed by atoms with E-state index >= 15 is 0 Å². The number of benzene rings is 1. The molecule has 25 heavy (non-hydrogen) atoms. The Labute approximate surface area is 147 Å². The highest BCUT2D eigenvalue weighted by molar-refractivity contribution is 7.90. The molecule has 0 spiro atoms. The van der Waals surface area contributed by atoms with Gasteiger partial charge < -0.3 is 10.2 Å². The van der Waals surface area contributed by atoms with E-state index in [-0.39, 0.29) is 4.90 Å². The second kappa shape index (κ2) is 7.28. The zero-order valence-electron chi connectivity index (χ0n) is 14.3. The third kappa shape index (κ3) is 4.21. The SMILES string of the molecule is CC(=NS(=O)(=O)c1ccc(C)cc1)c1cnc(N2CCNCC2)nc1. The highest BCUT2D eigenvalue weighted by atomic mass is 32.2. The lowest BCUT2D eigenvalue weighted by Crippen LogP contribution is -2.44. The van der Waals surface area contributed by atoms with Gasteiger partial charge in [-0.2, -0.15) is 12.8 Å². The van der Waals surface area contributed by atoms with Crippen LogP contribution in [0.3, 0.4) is 0 Å². The summed E-state index contributed by atoms with van der Waals surface area (Å²) in [4.78, 5) is 11.0. The molecule has 1 saturated heterocycles. The Morgan fingerprint density at radius 3 is 2.32 bits per heavy atom. The quantitative estimate of drug-likeness (QED) is 0.830. The molecule has 1 N–H and O–H groups in total. The van der Waals surface area contributed by atoms with Crippen molar-refractivity contribution in [2.24, 2.45) is 4.40 Å². The summed E-state index contributed by atoms with van der Waals surface area (Å²) in [7, 11) is -3.74. The van der Waals surface area contributed by atoms with E-state index in [2.05, 4.69) is 24.6 Å². The first-order valence-electron chi connectivity index (χ1n) is 8.12. The lowest BCUT2D eigenvalue weighted by Gasteiger charge is -2.27. The van der Waals surface area contributed by atoms with Gasteiger partial charge in [-0.3, -0.25) is 0 Å². The number of hydrogen-bond donors (Lipinski definition) is 1. The Balaban J connectivity index is 1.80. The minimum Gasteiger partial charge on any atom is -0.338 e. The summed E-state index contributed by atoms with van der Waals surface area (Å²) in [5.74, 6) is 0.652. The molecule has 1 aliphatic heterocycles. The molecular formula is C17H21N5O2S. The first kappa shape index (κ1) is 17.5. The summed E-state index contributed by atoms with van der Waals surface area (Å²) >= 11 is 0. The summed E-state index contributed by atoms with van der Waals surface area (Å²) in [6.45, 7) is 7.07. The molecule has 0 atom stereocenters. The van der Waals surface area contributed by atoms with E-state index in [9.17, 15) is 8.42 Å². The monoisotopic (exact) mass is 359 g/mol. The average Bonchev–Trinajstić information content (AvgIpc) is 2.62. The molecule has 7 nitrogen and oxygen atoms in total. The molecule has 0 radical (unpaired) electrons. The molecule has 1 aromatic heterocycles. The molecule has 2 heterocycles.